The van der Waals surface area contributed by atoms with Gasteiger partial charge in [-0.2, -0.15) is 0 Å². The van der Waals surface area contributed by atoms with Gasteiger partial charge in [0.2, 0.25) is 0 Å². The van der Waals surface area contributed by atoms with Crippen molar-refractivity contribution in [3.05, 3.63) is 296 Å². The highest BCUT2D eigenvalue weighted by molar-refractivity contribution is 7.00. The number of furan rings is 1. The molecule has 0 saturated carbocycles. The lowest BCUT2D eigenvalue weighted by atomic mass is 9.33. The first kappa shape index (κ1) is 57.6. The Bertz CT molecular complexity index is 5760. The maximum absolute atomic E-state index is 7.14. The van der Waals surface area contributed by atoms with Crippen LogP contribution in [0.3, 0.4) is 0 Å². The number of hydrogen-bond acceptors (Lipinski definition) is 3. The van der Waals surface area contributed by atoms with Crippen molar-refractivity contribution in [3.63, 3.8) is 0 Å². The molecular weight excluding hydrogens is 1160 g/mol. The normalized spacial score (nSPS) is 13.2. The van der Waals surface area contributed by atoms with E-state index in [0.717, 1.165) is 101 Å². The molecule has 0 radical (unpaired) electrons. The Morgan fingerprint density at radius 3 is 1.43 bits per heavy atom. The lowest BCUT2D eigenvalue weighted by molar-refractivity contribution is 0.569. The van der Waals surface area contributed by atoms with Crippen LogP contribution < -0.4 is 26.2 Å². The average molecular weight is 1240 g/mol. The van der Waals surface area contributed by atoms with E-state index in [2.05, 4.69) is 360 Å². The van der Waals surface area contributed by atoms with Gasteiger partial charge in [0.15, 0.2) is 5.58 Å². The molecule has 2 aliphatic heterocycles. The number of para-hydroxylation sites is 6. The molecular formula is C90H73BN4O. The summed E-state index contributed by atoms with van der Waals surface area (Å²) in [6, 6.07) is 105. The molecule has 0 bridgehead atoms. The van der Waals surface area contributed by atoms with E-state index in [1.165, 1.54) is 76.8 Å². The maximum atomic E-state index is 7.14. The summed E-state index contributed by atoms with van der Waals surface area (Å²) in [6.45, 7) is 20.9. The molecule has 0 N–H and O–H groups in total. The largest absolute Gasteiger partial charge is 0.454 e. The van der Waals surface area contributed by atoms with Gasteiger partial charge in [0.05, 0.1) is 33.4 Å². The molecule has 18 rings (SSSR count). The van der Waals surface area contributed by atoms with E-state index in [-0.39, 0.29) is 23.0 Å². The Kier molecular flexibility index (Phi) is 12.7. The van der Waals surface area contributed by atoms with E-state index < -0.39 is 0 Å². The number of fused-ring (bicyclic) bond motifs is 13. The van der Waals surface area contributed by atoms with Gasteiger partial charge in [-0.1, -0.05) is 263 Å². The molecule has 0 atom stereocenters. The van der Waals surface area contributed by atoms with Crippen molar-refractivity contribution in [2.75, 3.05) is 9.80 Å². The van der Waals surface area contributed by atoms with E-state index in [1.807, 2.05) is 0 Å². The van der Waals surface area contributed by atoms with Crippen molar-refractivity contribution in [2.24, 2.45) is 0 Å². The van der Waals surface area contributed by atoms with Crippen molar-refractivity contribution in [1.82, 2.24) is 9.13 Å². The van der Waals surface area contributed by atoms with Crippen molar-refractivity contribution in [3.8, 4) is 44.8 Å². The van der Waals surface area contributed by atoms with Crippen LogP contribution in [-0.4, -0.2) is 15.8 Å². The van der Waals surface area contributed by atoms with E-state index in [9.17, 15) is 0 Å². The van der Waals surface area contributed by atoms with Crippen molar-refractivity contribution in [2.45, 2.75) is 78.6 Å². The third kappa shape index (κ3) is 8.91. The first-order valence-electron chi connectivity index (χ1n) is 33.9. The molecule has 3 aromatic heterocycles. The zero-order valence-electron chi connectivity index (χ0n) is 55.8. The molecule has 0 aliphatic carbocycles. The minimum absolute atomic E-state index is 0.0777. The standard InChI is InChI=1S/C90H73BN4O/c1-88(2,3)60-47-59(48-61(50-60)89(4,5)6)58-43-46-77-74(49-58)91-73-45-44-64(93-76-40-23-20-34-68(76)72-54-71-67-33-19-22-39-75(67)92(79(71)55-80(72)93)63-31-17-12-18-32-63)53-81(73)95(86-65(56-27-13-10-14-28-56)36-25-37-66(86)57-29-15-11-16-30-57)83-52-62(90(7,8)9)51-82(85(83)91)94(77)78-41-26-38-70-69-35-21-24-42-84(69)96-87(70)78/h10-55H,1-9H3. The Morgan fingerprint density at radius 2 is 0.812 bits per heavy atom. The van der Waals surface area contributed by atoms with E-state index in [1.54, 1.807) is 0 Å². The predicted molar refractivity (Wildman–Crippen MR) is 409 cm³/mol. The minimum Gasteiger partial charge on any atom is -0.454 e. The van der Waals surface area contributed by atoms with Gasteiger partial charge in [-0.25, -0.2) is 0 Å². The second-order valence-electron chi connectivity index (χ2n) is 29.7. The number of nitrogens with zero attached hydrogens (tertiary/aromatic N) is 4. The Labute approximate surface area is 561 Å². The van der Waals surface area contributed by atoms with Crippen LogP contribution in [0.2, 0.25) is 0 Å². The van der Waals surface area contributed by atoms with Crippen LogP contribution in [0.1, 0.15) is 79.0 Å². The summed E-state index contributed by atoms with van der Waals surface area (Å²) in [6.07, 6.45) is 0. The third-order valence-corrected chi connectivity index (χ3v) is 20.7. The third-order valence-electron chi connectivity index (χ3n) is 20.7. The Balaban J connectivity index is 0.990. The molecule has 5 heterocycles. The molecule has 5 nitrogen and oxygen atoms in total. The van der Waals surface area contributed by atoms with Crippen LogP contribution in [-0.2, 0) is 16.2 Å². The second-order valence-corrected chi connectivity index (χ2v) is 29.7. The summed E-state index contributed by atoms with van der Waals surface area (Å²) in [4.78, 5) is 5.25. The van der Waals surface area contributed by atoms with Crippen LogP contribution >= 0.6 is 0 Å². The Hall–Kier alpha value is -11.1. The summed E-state index contributed by atoms with van der Waals surface area (Å²) >= 11 is 0. The van der Waals surface area contributed by atoms with Crippen molar-refractivity contribution < 1.29 is 4.42 Å². The Morgan fingerprint density at radius 1 is 0.292 bits per heavy atom. The van der Waals surface area contributed by atoms with Crippen LogP contribution in [0.4, 0.5) is 34.1 Å². The van der Waals surface area contributed by atoms with Crippen LogP contribution in [0.15, 0.2) is 283 Å². The SMILES string of the molecule is CC(C)(C)c1cc(-c2ccc3c(c2)B2c4ccc(-n5c6ccccc6c6cc7c8ccccc8n(-c8ccccc8)c7cc65)cc4N(c4c(-c5ccccc5)cccc4-c4ccccc4)c4cc(C(C)(C)C)cc(c42)N3c2cccc3c2oc2ccccc23)cc(C(C)(C)C)c1. The smallest absolute Gasteiger partial charge is 0.252 e. The lowest BCUT2D eigenvalue weighted by Gasteiger charge is -2.46. The highest BCUT2D eigenvalue weighted by atomic mass is 16.3. The number of anilines is 6. The summed E-state index contributed by atoms with van der Waals surface area (Å²) in [7, 11) is 0. The highest BCUT2D eigenvalue weighted by Gasteiger charge is 2.46. The maximum Gasteiger partial charge on any atom is 0.252 e. The lowest BCUT2D eigenvalue weighted by Crippen LogP contribution is -2.61. The van der Waals surface area contributed by atoms with Crippen molar-refractivity contribution >= 4 is 123 Å². The van der Waals surface area contributed by atoms with E-state index in [0.29, 0.717) is 0 Å². The van der Waals surface area contributed by atoms with Gasteiger partial charge in [0, 0.05) is 77.6 Å². The van der Waals surface area contributed by atoms with Gasteiger partial charge in [0.1, 0.15) is 5.58 Å². The number of aromatic nitrogens is 2. The topological polar surface area (TPSA) is 29.5 Å². The molecule has 0 amide bonds. The average Bonchev–Trinajstić information content (AvgIpc) is 0.913. The number of benzene rings is 13. The number of hydrogen-bond donors (Lipinski definition) is 0. The van der Waals surface area contributed by atoms with Crippen LogP contribution in [0.25, 0.3) is 110 Å². The first-order valence-corrected chi connectivity index (χ1v) is 33.9. The summed E-state index contributed by atoms with van der Waals surface area (Å²) in [5.74, 6) is 0. The van der Waals surface area contributed by atoms with Gasteiger partial charge in [-0.15, -0.1) is 0 Å². The molecule has 462 valence electrons. The fourth-order valence-electron chi connectivity index (χ4n) is 15.9. The summed E-state index contributed by atoms with van der Waals surface area (Å²) in [5, 5.41) is 7.09. The molecule has 0 fully saturated rings. The molecule has 0 saturated heterocycles. The second kappa shape index (κ2) is 21.2. The quantitative estimate of drug-likeness (QED) is 0.149. The van der Waals surface area contributed by atoms with E-state index >= 15 is 0 Å². The van der Waals surface area contributed by atoms with E-state index in [4.69, 9.17) is 4.42 Å². The summed E-state index contributed by atoms with van der Waals surface area (Å²) in [5.41, 5.74) is 29.4. The van der Waals surface area contributed by atoms with Gasteiger partial charge in [-0.05, 0) is 150 Å². The molecule has 2 aliphatic rings. The molecule has 13 aromatic carbocycles. The number of rotatable bonds is 7. The van der Waals surface area contributed by atoms with Crippen LogP contribution in [0.5, 0.6) is 0 Å². The molecule has 0 unspecified atom stereocenters. The first-order chi connectivity index (χ1) is 46.5. The monoisotopic (exact) mass is 1240 g/mol. The van der Waals surface area contributed by atoms with Crippen molar-refractivity contribution in [1.29, 1.82) is 0 Å². The molecule has 6 heteroatoms. The van der Waals surface area contributed by atoms with Gasteiger partial charge < -0.3 is 23.4 Å². The fourth-order valence-corrected chi connectivity index (χ4v) is 15.9. The summed E-state index contributed by atoms with van der Waals surface area (Å²) < 4.78 is 12.1. The minimum atomic E-state index is -0.281. The van der Waals surface area contributed by atoms with Gasteiger partial charge in [0.25, 0.3) is 6.71 Å². The zero-order valence-corrected chi connectivity index (χ0v) is 55.8. The molecule has 96 heavy (non-hydrogen) atoms. The molecule has 16 aromatic rings. The predicted octanol–water partition coefficient (Wildman–Crippen LogP) is 22.8. The zero-order chi connectivity index (χ0) is 65.1. The highest BCUT2D eigenvalue weighted by Crippen LogP contribution is 2.53. The fraction of sp³-hybridized carbons (Fsp3) is 0.133. The van der Waals surface area contributed by atoms with Gasteiger partial charge >= 0.3 is 0 Å². The molecule has 0 spiro atoms. The van der Waals surface area contributed by atoms with Crippen LogP contribution in [0, 0.1) is 0 Å². The van der Waals surface area contributed by atoms with Gasteiger partial charge in [-0.3, -0.25) is 0 Å².